The minimum Gasteiger partial charge on any atom is -0.381 e. The standard InChI is InChI=1S/C22H29ClFN.C10H14F3N.C6H14O.C5H10/c1-5-8-11-16(10-7-3)15(4)22-17(12-9-6-2)20-19(25-22)14-13-18(23)21(20)24;1-4-5-9(3)14-7-6-8(2)10(11,12)13;1-3-5-7-6-4-2;1-4-5(2)3/h8,10-11,13-15,25H,5-7,9,12H2,1-4H3;6-7H,2,4-5H2,1,3H3;3-6H2,1-2H3;2,4H2,1,3H3/b11-8+,16-10+;7-6-,14-9?;;. The van der Waals surface area contributed by atoms with Crippen LogP contribution in [-0.2, 0) is 11.2 Å². The van der Waals surface area contributed by atoms with Crippen molar-refractivity contribution in [1.29, 1.82) is 0 Å². The number of nitrogens with zero attached hydrogens (tertiary/aromatic N) is 1. The Balaban J connectivity index is 0. The normalized spacial score (nSPS) is 12.6. The van der Waals surface area contributed by atoms with Crippen LogP contribution in [0.25, 0.3) is 10.9 Å². The summed E-state index contributed by atoms with van der Waals surface area (Å²) in [5.41, 5.74) is 5.50. The molecule has 1 aromatic carbocycles. The molecule has 0 aliphatic carbocycles. The van der Waals surface area contributed by atoms with Gasteiger partial charge in [-0.25, -0.2) is 4.39 Å². The number of aryl methyl sites for hydroxylation is 1. The number of fused-ring (bicyclic) bond motifs is 1. The number of aliphatic imine (C=N–C) groups is 1. The molecule has 1 atom stereocenters. The van der Waals surface area contributed by atoms with Gasteiger partial charge in [-0.05, 0) is 94.6 Å². The number of nitrogens with one attached hydrogen (secondary N) is 1. The summed E-state index contributed by atoms with van der Waals surface area (Å²) in [6.45, 7) is 29.2. The zero-order chi connectivity index (χ0) is 39.4. The van der Waals surface area contributed by atoms with E-state index in [1.807, 2.05) is 19.9 Å². The van der Waals surface area contributed by atoms with Crippen LogP contribution in [0, 0.1) is 5.82 Å². The van der Waals surface area contributed by atoms with Gasteiger partial charge >= 0.3 is 6.18 Å². The summed E-state index contributed by atoms with van der Waals surface area (Å²) in [6.07, 6.45) is 14.4. The third kappa shape index (κ3) is 21.9. The Morgan fingerprint density at radius 1 is 0.941 bits per heavy atom. The van der Waals surface area contributed by atoms with Gasteiger partial charge in [0.15, 0.2) is 5.82 Å². The Morgan fingerprint density at radius 2 is 1.55 bits per heavy atom. The van der Waals surface area contributed by atoms with E-state index in [0.29, 0.717) is 5.39 Å². The van der Waals surface area contributed by atoms with Crippen molar-refractivity contribution in [2.45, 2.75) is 146 Å². The minimum atomic E-state index is -4.36. The van der Waals surface area contributed by atoms with Crippen molar-refractivity contribution in [2.24, 2.45) is 4.99 Å². The molecule has 0 spiro atoms. The molecule has 3 nitrogen and oxygen atoms in total. The SMILES string of the molecule is C=C(/C=C\N=C(C)CCC)C(F)(F)F.C=C(C)CC.CC/C=C/C(=C\CC)C(C)c1[nH]c2ccc(Cl)c(F)c2c1CCCC.CCCOCCC. The van der Waals surface area contributed by atoms with Crippen LogP contribution in [0.3, 0.4) is 0 Å². The van der Waals surface area contributed by atoms with Crippen LogP contribution in [0.5, 0.6) is 0 Å². The molecule has 0 radical (unpaired) electrons. The minimum absolute atomic E-state index is 0.193. The second kappa shape index (κ2) is 29.7. The van der Waals surface area contributed by atoms with E-state index in [4.69, 9.17) is 16.3 Å². The van der Waals surface area contributed by atoms with Crippen LogP contribution in [0.4, 0.5) is 17.6 Å². The van der Waals surface area contributed by atoms with E-state index in [1.165, 1.54) is 11.1 Å². The zero-order valence-electron chi connectivity index (χ0n) is 33.3. The van der Waals surface area contributed by atoms with Crippen LogP contribution in [0.1, 0.15) is 144 Å². The van der Waals surface area contributed by atoms with Crippen molar-refractivity contribution in [3.63, 3.8) is 0 Å². The van der Waals surface area contributed by atoms with Gasteiger partial charge < -0.3 is 9.72 Å². The Morgan fingerprint density at radius 3 is 2.02 bits per heavy atom. The highest BCUT2D eigenvalue weighted by Gasteiger charge is 2.29. The maximum absolute atomic E-state index is 14.7. The summed E-state index contributed by atoms with van der Waals surface area (Å²) >= 11 is 6.05. The van der Waals surface area contributed by atoms with Crippen LogP contribution in [0.15, 0.2) is 77.5 Å². The molecule has 1 heterocycles. The smallest absolute Gasteiger partial charge is 0.381 e. The molecule has 2 aromatic rings. The van der Waals surface area contributed by atoms with E-state index in [1.54, 1.807) is 13.0 Å². The number of benzene rings is 1. The van der Waals surface area contributed by atoms with Gasteiger partial charge in [0.2, 0.25) is 0 Å². The maximum Gasteiger partial charge on any atom is 0.415 e. The monoisotopic (exact) mass is 738 g/mol. The lowest BCUT2D eigenvalue weighted by Gasteiger charge is -2.15. The van der Waals surface area contributed by atoms with Crippen LogP contribution in [0.2, 0.25) is 5.02 Å². The lowest BCUT2D eigenvalue weighted by molar-refractivity contribution is -0.0878. The first-order chi connectivity index (χ1) is 24.1. The van der Waals surface area contributed by atoms with Crippen LogP contribution >= 0.6 is 11.6 Å². The molecule has 0 aliphatic rings. The van der Waals surface area contributed by atoms with Crippen molar-refractivity contribution in [2.75, 3.05) is 13.2 Å². The number of unbranched alkanes of at least 4 members (excludes halogenated alkanes) is 1. The van der Waals surface area contributed by atoms with Crippen LogP contribution in [-0.4, -0.2) is 30.1 Å². The van der Waals surface area contributed by atoms with Gasteiger partial charge in [-0.1, -0.05) is 110 Å². The van der Waals surface area contributed by atoms with Crippen molar-refractivity contribution in [3.8, 4) is 0 Å². The average molecular weight is 739 g/mol. The summed E-state index contributed by atoms with van der Waals surface area (Å²) < 4.78 is 55.6. The molecule has 290 valence electrons. The van der Waals surface area contributed by atoms with Gasteiger partial charge in [-0.3, -0.25) is 4.99 Å². The van der Waals surface area contributed by atoms with E-state index in [0.717, 1.165) is 112 Å². The number of rotatable bonds is 17. The largest absolute Gasteiger partial charge is 0.415 e. The summed E-state index contributed by atoms with van der Waals surface area (Å²) in [5.74, 6) is -0.106. The summed E-state index contributed by atoms with van der Waals surface area (Å²) in [4.78, 5) is 7.33. The molecule has 0 fully saturated rings. The van der Waals surface area contributed by atoms with Crippen LogP contribution < -0.4 is 0 Å². The Labute approximate surface area is 313 Å². The average Bonchev–Trinajstić information content (AvgIpc) is 3.46. The van der Waals surface area contributed by atoms with Gasteiger partial charge in [0.05, 0.1) is 5.02 Å². The molecule has 8 heteroatoms. The van der Waals surface area contributed by atoms with Crippen molar-refractivity contribution in [1.82, 2.24) is 4.98 Å². The van der Waals surface area contributed by atoms with E-state index < -0.39 is 11.7 Å². The number of hydrogen-bond donors (Lipinski definition) is 1. The number of alkyl halides is 3. The Hall–Kier alpha value is -2.90. The first kappa shape index (κ1) is 50.2. The Bertz CT molecular complexity index is 1380. The topological polar surface area (TPSA) is 37.4 Å². The fraction of sp³-hybridized carbons (Fsp3) is 0.558. The summed E-state index contributed by atoms with van der Waals surface area (Å²) in [6, 6.07) is 3.52. The number of ether oxygens (including phenoxy) is 1. The predicted octanol–water partition coefficient (Wildman–Crippen LogP) is 15.4. The lowest BCUT2D eigenvalue weighted by atomic mass is 9.91. The highest BCUT2D eigenvalue weighted by atomic mass is 35.5. The molecule has 1 unspecified atom stereocenters. The van der Waals surface area contributed by atoms with Crippen molar-refractivity contribution < 1.29 is 22.3 Å². The lowest BCUT2D eigenvalue weighted by Crippen LogP contribution is -2.08. The maximum atomic E-state index is 14.7. The van der Waals surface area contributed by atoms with Gasteiger partial charge in [0.25, 0.3) is 0 Å². The highest BCUT2D eigenvalue weighted by molar-refractivity contribution is 6.31. The van der Waals surface area contributed by atoms with E-state index >= 15 is 0 Å². The number of aromatic amines is 1. The first-order valence-corrected chi connectivity index (χ1v) is 19.0. The molecule has 0 amide bonds. The third-order valence-corrected chi connectivity index (χ3v) is 7.83. The van der Waals surface area contributed by atoms with Gasteiger partial charge in [-0.15, -0.1) is 6.58 Å². The molecule has 0 bridgehead atoms. The molecule has 2 rings (SSSR count). The van der Waals surface area contributed by atoms with E-state index in [9.17, 15) is 17.6 Å². The second-order valence-corrected chi connectivity index (χ2v) is 12.8. The Kier molecular flexibility index (Phi) is 29.2. The molecular formula is C43H67ClF4N2O. The fourth-order valence-electron chi connectivity index (χ4n) is 4.50. The van der Waals surface area contributed by atoms with E-state index in [2.05, 4.69) is 89.8 Å². The van der Waals surface area contributed by atoms with Crippen molar-refractivity contribution >= 4 is 28.2 Å². The highest BCUT2D eigenvalue weighted by Crippen LogP contribution is 2.36. The summed E-state index contributed by atoms with van der Waals surface area (Å²) in [5, 5.41) is 0.858. The molecule has 1 aromatic heterocycles. The van der Waals surface area contributed by atoms with E-state index in [-0.39, 0.29) is 16.8 Å². The number of H-pyrrole nitrogens is 1. The quantitative estimate of drug-likeness (QED) is 0.0567. The number of hydrogen-bond acceptors (Lipinski definition) is 2. The molecule has 0 saturated carbocycles. The number of aromatic nitrogens is 1. The number of halogens is 5. The zero-order valence-corrected chi connectivity index (χ0v) is 34.0. The molecule has 1 N–H and O–H groups in total. The predicted molar refractivity (Wildman–Crippen MR) is 217 cm³/mol. The van der Waals surface area contributed by atoms with Gasteiger partial charge in [0.1, 0.15) is 0 Å². The number of allylic oxidation sites excluding steroid dienone is 7. The molecule has 51 heavy (non-hydrogen) atoms. The second-order valence-electron chi connectivity index (χ2n) is 12.4. The van der Waals surface area contributed by atoms with Gasteiger partial charge in [0, 0.05) is 53.2 Å². The first-order valence-electron chi connectivity index (χ1n) is 18.6. The fourth-order valence-corrected chi connectivity index (χ4v) is 4.66. The molecule has 0 aliphatic heterocycles. The summed E-state index contributed by atoms with van der Waals surface area (Å²) in [7, 11) is 0. The third-order valence-electron chi connectivity index (χ3n) is 7.54. The molecule has 0 saturated heterocycles. The molecular weight excluding hydrogens is 672 g/mol. The van der Waals surface area contributed by atoms with Gasteiger partial charge in [-0.2, -0.15) is 13.2 Å². The van der Waals surface area contributed by atoms with Crippen molar-refractivity contribution in [3.05, 3.63) is 94.6 Å².